The van der Waals surface area contributed by atoms with E-state index < -0.39 is 6.10 Å². The van der Waals surface area contributed by atoms with Gasteiger partial charge < -0.3 is 29.5 Å². The van der Waals surface area contributed by atoms with E-state index in [2.05, 4.69) is 15.2 Å². The van der Waals surface area contributed by atoms with Crippen LogP contribution in [0.5, 0.6) is 5.75 Å². The number of guanidine groups is 1. The van der Waals surface area contributed by atoms with E-state index in [1.54, 1.807) is 7.11 Å². The molecule has 2 fully saturated rings. The lowest BCUT2D eigenvalue weighted by Crippen LogP contribution is -2.53. The van der Waals surface area contributed by atoms with Gasteiger partial charge in [-0.15, -0.1) is 0 Å². The third-order valence-electron chi connectivity index (χ3n) is 5.00. The number of aliphatic hydroxyl groups excluding tert-OH is 1. The summed E-state index contributed by atoms with van der Waals surface area (Å²) in [6.45, 7) is 6.13. The van der Waals surface area contributed by atoms with Crippen LogP contribution in [-0.4, -0.2) is 74.7 Å². The van der Waals surface area contributed by atoms with Crippen LogP contribution in [0.15, 0.2) is 29.3 Å². The summed E-state index contributed by atoms with van der Waals surface area (Å²) in [5.41, 5.74) is 0.799. The highest BCUT2D eigenvalue weighted by Gasteiger charge is 2.32. The van der Waals surface area contributed by atoms with Crippen molar-refractivity contribution >= 4 is 5.96 Å². The van der Waals surface area contributed by atoms with Gasteiger partial charge in [-0.25, -0.2) is 0 Å². The number of rotatable bonds is 6. The molecule has 0 spiro atoms. The van der Waals surface area contributed by atoms with Crippen LogP contribution in [0.2, 0.25) is 0 Å². The highest BCUT2D eigenvalue weighted by molar-refractivity contribution is 5.80. The summed E-state index contributed by atoms with van der Waals surface area (Å²) in [7, 11) is 1.62. The Kier molecular flexibility index (Phi) is 7.32. The van der Waals surface area contributed by atoms with Crippen molar-refractivity contribution in [3.8, 4) is 5.75 Å². The lowest BCUT2D eigenvalue weighted by atomic mass is 10.1. The summed E-state index contributed by atoms with van der Waals surface area (Å²) in [5.74, 6) is 1.54. The molecule has 3 unspecified atom stereocenters. The SMILES string of the molecule is CCNC(=NCC(O)c1cccc(OC)c1)N1CCOC(C2CCCO2)C1. The molecular weight excluding hydrogens is 346 g/mol. The average molecular weight is 377 g/mol. The molecule has 2 aliphatic rings. The number of nitrogens with one attached hydrogen (secondary N) is 1. The van der Waals surface area contributed by atoms with Crippen molar-refractivity contribution in [2.45, 2.75) is 38.1 Å². The van der Waals surface area contributed by atoms with Crippen LogP contribution in [0.25, 0.3) is 0 Å². The number of hydrogen-bond donors (Lipinski definition) is 2. The largest absolute Gasteiger partial charge is 0.497 e. The molecule has 1 aromatic carbocycles. The Bertz CT molecular complexity index is 619. The van der Waals surface area contributed by atoms with Gasteiger partial charge in [0.1, 0.15) is 11.9 Å². The minimum atomic E-state index is -0.677. The van der Waals surface area contributed by atoms with Crippen LogP contribution in [0, 0.1) is 0 Å². The monoisotopic (exact) mass is 377 g/mol. The highest BCUT2D eigenvalue weighted by Crippen LogP contribution is 2.22. The number of hydrogen-bond acceptors (Lipinski definition) is 5. The molecule has 7 nitrogen and oxygen atoms in total. The lowest BCUT2D eigenvalue weighted by Gasteiger charge is -2.37. The zero-order valence-electron chi connectivity index (χ0n) is 16.3. The molecule has 7 heteroatoms. The smallest absolute Gasteiger partial charge is 0.194 e. The fourth-order valence-electron chi connectivity index (χ4n) is 3.54. The van der Waals surface area contributed by atoms with Gasteiger partial charge in [-0.1, -0.05) is 12.1 Å². The van der Waals surface area contributed by atoms with E-state index in [4.69, 9.17) is 14.2 Å². The molecule has 0 radical (unpaired) electrons. The second-order valence-corrected chi connectivity index (χ2v) is 6.89. The number of aliphatic hydroxyl groups is 1. The van der Waals surface area contributed by atoms with E-state index in [9.17, 15) is 5.11 Å². The van der Waals surface area contributed by atoms with Crippen molar-refractivity contribution in [3.05, 3.63) is 29.8 Å². The summed E-state index contributed by atoms with van der Waals surface area (Å²) < 4.78 is 17.0. The number of methoxy groups -OCH3 is 1. The van der Waals surface area contributed by atoms with E-state index >= 15 is 0 Å². The molecule has 2 saturated heterocycles. The van der Waals surface area contributed by atoms with Crippen LogP contribution in [0.1, 0.15) is 31.4 Å². The topological polar surface area (TPSA) is 75.6 Å². The fraction of sp³-hybridized carbons (Fsp3) is 0.650. The predicted molar refractivity (Wildman–Crippen MR) is 104 cm³/mol. The summed E-state index contributed by atoms with van der Waals surface area (Å²) in [6, 6.07) is 7.47. The van der Waals surface area contributed by atoms with E-state index in [1.165, 1.54) is 0 Å². The maximum Gasteiger partial charge on any atom is 0.194 e. The van der Waals surface area contributed by atoms with E-state index in [0.29, 0.717) is 6.61 Å². The Morgan fingerprint density at radius 1 is 1.37 bits per heavy atom. The molecule has 1 aromatic rings. The Labute approximate surface area is 161 Å². The van der Waals surface area contributed by atoms with Crippen LogP contribution >= 0.6 is 0 Å². The lowest BCUT2D eigenvalue weighted by molar-refractivity contribution is -0.0817. The molecular formula is C20H31N3O4. The van der Waals surface area contributed by atoms with E-state index in [-0.39, 0.29) is 18.8 Å². The fourth-order valence-corrected chi connectivity index (χ4v) is 3.54. The number of morpholine rings is 1. The van der Waals surface area contributed by atoms with Crippen molar-refractivity contribution in [2.24, 2.45) is 4.99 Å². The Balaban J connectivity index is 1.64. The molecule has 2 N–H and O–H groups in total. The molecule has 0 bridgehead atoms. The first-order chi connectivity index (χ1) is 13.2. The zero-order valence-corrected chi connectivity index (χ0v) is 16.3. The molecule has 2 aliphatic heterocycles. The van der Waals surface area contributed by atoms with Crippen LogP contribution in [0.4, 0.5) is 0 Å². The quantitative estimate of drug-likeness (QED) is 0.579. The standard InChI is InChI=1S/C20H31N3O4/c1-3-21-20(22-13-17(24)15-6-4-7-16(12-15)25-2)23-9-11-27-19(14-23)18-8-5-10-26-18/h4,6-7,12,17-19,24H,3,5,8-11,13-14H2,1-2H3,(H,21,22). The predicted octanol–water partition coefficient (Wildman–Crippen LogP) is 1.57. The number of ether oxygens (including phenoxy) is 3. The molecule has 2 heterocycles. The van der Waals surface area contributed by atoms with Crippen molar-refractivity contribution < 1.29 is 19.3 Å². The Morgan fingerprint density at radius 2 is 2.22 bits per heavy atom. The van der Waals surface area contributed by atoms with Gasteiger partial charge >= 0.3 is 0 Å². The number of benzene rings is 1. The maximum absolute atomic E-state index is 10.5. The average Bonchev–Trinajstić information content (AvgIpc) is 3.26. The maximum atomic E-state index is 10.5. The Morgan fingerprint density at radius 3 is 2.96 bits per heavy atom. The molecule has 27 heavy (non-hydrogen) atoms. The Hall–Kier alpha value is -1.83. The van der Waals surface area contributed by atoms with Gasteiger partial charge in [-0.2, -0.15) is 0 Å². The molecule has 3 atom stereocenters. The van der Waals surface area contributed by atoms with Crippen LogP contribution < -0.4 is 10.1 Å². The van der Waals surface area contributed by atoms with Crippen molar-refractivity contribution in [2.75, 3.05) is 46.5 Å². The molecule has 3 rings (SSSR count). The third kappa shape index (κ3) is 5.34. The number of nitrogens with zero attached hydrogens (tertiary/aromatic N) is 2. The highest BCUT2D eigenvalue weighted by atomic mass is 16.5. The van der Waals surface area contributed by atoms with Gasteiger partial charge in [0.05, 0.1) is 32.5 Å². The summed E-state index contributed by atoms with van der Waals surface area (Å²) in [5, 5.41) is 13.9. The molecule has 0 saturated carbocycles. The van der Waals surface area contributed by atoms with Crippen LogP contribution in [0.3, 0.4) is 0 Å². The first kappa shape index (κ1) is 19.9. The van der Waals surface area contributed by atoms with Gasteiger partial charge in [0.25, 0.3) is 0 Å². The summed E-state index contributed by atoms with van der Waals surface area (Å²) in [6.07, 6.45) is 1.74. The van der Waals surface area contributed by atoms with Crippen molar-refractivity contribution in [3.63, 3.8) is 0 Å². The van der Waals surface area contributed by atoms with E-state index in [0.717, 1.165) is 56.4 Å². The van der Waals surface area contributed by atoms with Gasteiger partial charge in [0.2, 0.25) is 0 Å². The third-order valence-corrected chi connectivity index (χ3v) is 5.00. The number of aliphatic imine (C=N–C) groups is 1. The second kappa shape index (κ2) is 9.92. The van der Waals surface area contributed by atoms with E-state index in [1.807, 2.05) is 31.2 Å². The summed E-state index contributed by atoms with van der Waals surface area (Å²) >= 11 is 0. The van der Waals surface area contributed by atoms with Crippen molar-refractivity contribution in [1.82, 2.24) is 10.2 Å². The summed E-state index contributed by atoms with van der Waals surface area (Å²) in [4.78, 5) is 6.88. The molecule has 0 aromatic heterocycles. The minimum absolute atomic E-state index is 0.0772. The van der Waals surface area contributed by atoms with Gasteiger partial charge in [0.15, 0.2) is 5.96 Å². The molecule has 0 amide bonds. The first-order valence-electron chi connectivity index (χ1n) is 9.79. The zero-order chi connectivity index (χ0) is 19.1. The first-order valence-corrected chi connectivity index (χ1v) is 9.79. The van der Waals surface area contributed by atoms with Crippen LogP contribution in [-0.2, 0) is 9.47 Å². The normalized spacial score (nSPS) is 24.7. The van der Waals surface area contributed by atoms with Gasteiger partial charge in [0, 0.05) is 26.2 Å². The molecule has 150 valence electrons. The van der Waals surface area contributed by atoms with Gasteiger partial charge in [-0.3, -0.25) is 4.99 Å². The minimum Gasteiger partial charge on any atom is -0.497 e. The van der Waals surface area contributed by atoms with Gasteiger partial charge in [-0.05, 0) is 37.5 Å². The molecule has 0 aliphatic carbocycles. The van der Waals surface area contributed by atoms with Crippen molar-refractivity contribution in [1.29, 1.82) is 0 Å². The second-order valence-electron chi connectivity index (χ2n) is 6.89.